The van der Waals surface area contributed by atoms with Gasteiger partial charge in [-0.25, -0.2) is 4.98 Å². The minimum atomic E-state index is -3.78. The van der Waals surface area contributed by atoms with Crippen LogP contribution in [0.1, 0.15) is 0 Å². The molecule has 2 heterocycles. The Kier molecular flexibility index (Phi) is 7.78. The van der Waals surface area contributed by atoms with Gasteiger partial charge in [-0.1, -0.05) is 30.3 Å². The van der Waals surface area contributed by atoms with E-state index in [2.05, 4.69) is 33.7 Å². The van der Waals surface area contributed by atoms with Crippen molar-refractivity contribution in [3.05, 3.63) is 74.0 Å². The van der Waals surface area contributed by atoms with E-state index in [1.54, 1.807) is 18.7 Å². The second-order valence-corrected chi connectivity index (χ2v) is 5.79. The smallest absolute Gasteiger partial charge is 0.329 e. The van der Waals surface area contributed by atoms with Gasteiger partial charge in [0.1, 0.15) is 0 Å². The predicted octanol–water partition coefficient (Wildman–Crippen LogP) is 2.99. The first-order valence-corrected chi connectivity index (χ1v) is 8.20. The lowest BCUT2D eigenvalue weighted by molar-refractivity contribution is 0.377. The molecule has 3 rings (SSSR count). The van der Waals surface area contributed by atoms with Crippen LogP contribution in [0.25, 0.3) is 10.9 Å². The van der Waals surface area contributed by atoms with Crippen LogP contribution in [0, 0.1) is 0 Å². The quantitative estimate of drug-likeness (QED) is 0.498. The minimum Gasteiger partial charge on any atom is -0.351 e. The molecule has 3 aromatic rings. The van der Waals surface area contributed by atoms with Gasteiger partial charge in [0.15, 0.2) is 0 Å². The number of nitrogens with one attached hydrogen (secondary N) is 1. The Morgan fingerprint density at radius 2 is 1.91 bits per heavy atom. The normalized spacial score (nSPS) is 9.91. The van der Waals surface area contributed by atoms with E-state index >= 15 is 0 Å². The molecule has 116 valence electrons. The van der Waals surface area contributed by atoms with Crippen LogP contribution in [0.5, 0.6) is 0 Å². The maximum atomic E-state index is 9.85. The van der Waals surface area contributed by atoms with Crippen molar-refractivity contribution in [2.24, 2.45) is 0 Å². The van der Waals surface area contributed by atoms with Gasteiger partial charge < -0.3 is 14.8 Å². The highest BCUT2D eigenvalue weighted by Crippen LogP contribution is 2.33. The highest BCUT2D eigenvalue weighted by atomic mass is 31.2. The Hall–Kier alpha value is -2.27. The molecule has 0 aliphatic heterocycles. The number of pyridine rings is 1. The first-order chi connectivity index (χ1) is 10.5. The van der Waals surface area contributed by atoms with Gasteiger partial charge in [-0.2, -0.15) is 0 Å². The molecule has 0 aliphatic rings. The van der Waals surface area contributed by atoms with Gasteiger partial charge in [-0.05, 0) is 12.1 Å². The summed E-state index contributed by atoms with van der Waals surface area (Å²) >= 11 is 0. The zero-order valence-corrected chi connectivity index (χ0v) is 12.8. The van der Waals surface area contributed by atoms with Gasteiger partial charge in [0.05, 0.1) is 18.0 Å². The number of fused-ring (bicyclic) bond motifs is 1. The molecule has 2 aromatic heterocycles. The maximum absolute atomic E-state index is 9.85. The van der Waals surface area contributed by atoms with Crippen molar-refractivity contribution < 1.29 is 14.4 Å². The van der Waals surface area contributed by atoms with Gasteiger partial charge in [-0.3, -0.25) is 9.55 Å². The Bertz CT molecular complexity index is 628. The highest BCUT2D eigenvalue weighted by Gasteiger charge is 2.06. The number of H-pyrrole nitrogens is 1. The molecule has 0 aliphatic carbocycles. The van der Waals surface area contributed by atoms with E-state index in [-0.39, 0.29) is 6.16 Å². The molecule has 0 saturated carbocycles. The van der Waals surface area contributed by atoms with Crippen molar-refractivity contribution in [3.8, 4) is 0 Å². The topological polar surface area (TPSA) is 99.1 Å². The summed E-state index contributed by atoms with van der Waals surface area (Å²) < 4.78 is 9.85. The zero-order chi connectivity index (χ0) is 16.3. The van der Waals surface area contributed by atoms with Gasteiger partial charge in [0.25, 0.3) is 0 Å². The third-order valence-corrected chi connectivity index (χ3v) is 3.02. The average molecular weight is 319 g/mol. The Morgan fingerprint density at radius 1 is 1.18 bits per heavy atom. The van der Waals surface area contributed by atoms with E-state index in [4.69, 9.17) is 9.79 Å². The van der Waals surface area contributed by atoms with Crippen LogP contribution in [0.15, 0.2) is 74.0 Å². The second-order valence-electron chi connectivity index (χ2n) is 4.09. The van der Waals surface area contributed by atoms with E-state index in [0.717, 1.165) is 5.52 Å². The average Bonchev–Trinajstić information content (AvgIpc) is 3.06. The van der Waals surface area contributed by atoms with E-state index < -0.39 is 7.60 Å². The molecule has 0 unspecified atom stereocenters. The number of aromatic amines is 1. The molecular formula is C15H18N3O3P. The van der Waals surface area contributed by atoms with E-state index in [1.807, 2.05) is 30.5 Å². The van der Waals surface area contributed by atoms with Crippen LogP contribution in [0.3, 0.4) is 0 Å². The molecule has 0 amide bonds. The summed E-state index contributed by atoms with van der Waals surface area (Å²) in [6, 6.07) is 12.1. The molecule has 0 spiro atoms. The number of hydrogen-bond acceptors (Lipinski definition) is 3. The molecule has 6 nitrogen and oxygen atoms in total. The lowest BCUT2D eigenvalue weighted by Gasteiger charge is -1.94. The van der Waals surface area contributed by atoms with Crippen LogP contribution in [0.4, 0.5) is 0 Å². The van der Waals surface area contributed by atoms with Gasteiger partial charge in [0, 0.05) is 24.0 Å². The number of rotatable bonds is 2. The third-order valence-electron chi connectivity index (χ3n) is 2.29. The Balaban J connectivity index is 0.000000177. The lowest BCUT2D eigenvalue weighted by atomic mass is 10.2. The Morgan fingerprint density at radius 3 is 2.36 bits per heavy atom. The van der Waals surface area contributed by atoms with Crippen molar-refractivity contribution in [1.82, 2.24) is 15.0 Å². The fourth-order valence-corrected chi connectivity index (χ4v) is 1.74. The van der Waals surface area contributed by atoms with Gasteiger partial charge >= 0.3 is 7.60 Å². The number of para-hydroxylation sites is 1. The highest BCUT2D eigenvalue weighted by molar-refractivity contribution is 7.51. The fraction of sp³-hybridized carbons (Fsp3) is 0.0667. The van der Waals surface area contributed by atoms with Crippen LogP contribution < -0.4 is 0 Å². The summed E-state index contributed by atoms with van der Waals surface area (Å²) in [5.74, 6) is 0. The molecule has 0 radical (unpaired) electrons. The van der Waals surface area contributed by atoms with E-state index in [0.29, 0.717) is 0 Å². The molecular weight excluding hydrogens is 301 g/mol. The fourth-order valence-electron chi connectivity index (χ4n) is 1.40. The summed E-state index contributed by atoms with van der Waals surface area (Å²) in [4.78, 5) is 26.7. The molecule has 0 bridgehead atoms. The molecule has 3 N–H and O–H groups in total. The predicted molar refractivity (Wildman–Crippen MR) is 87.4 cm³/mol. The maximum Gasteiger partial charge on any atom is 0.329 e. The summed E-state index contributed by atoms with van der Waals surface area (Å²) in [5.41, 5.74) is 1.06. The van der Waals surface area contributed by atoms with Crippen LogP contribution in [-0.2, 0) is 4.57 Å². The van der Waals surface area contributed by atoms with Crippen molar-refractivity contribution in [1.29, 1.82) is 0 Å². The standard InChI is InChI=1S/C9H7N.C3H4N2.C3H7O3P/c1-2-6-9-8(4-1)5-3-7-10-9;1-2-5-3-4-1;1-2-3-7(4,5)6/h1-7H;1-3H,(H,4,5);2H,1,3H2,(H2,4,5,6). The molecule has 0 atom stereocenters. The number of allylic oxidation sites excluding steroid dienone is 1. The van der Waals surface area contributed by atoms with Gasteiger partial charge in [-0.15, -0.1) is 6.58 Å². The van der Waals surface area contributed by atoms with E-state index in [1.165, 1.54) is 11.5 Å². The molecule has 7 heteroatoms. The first-order valence-electron chi connectivity index (χ1n) is 6.41. The largest absolute Gasteiger partial charge is 0.351 e. The molecule has 22 heavy (non-hydrogen) atoms. The number of imidazole rings is 1. The van der Waals surface area contributed by atoms with Crippen molar-refractivity contribution in [2.45, 2.75) is 0 Å². The van der Waals surface area contributed by atoms with Crippen LogP contribution >= 0.6 is 7.60 Å². The summed E-state index contributed by atoms with van der Waals surface area (Å²) in [7, 11) is -3.78. The van der Waals surface area contributed by atoms with Crippen LogP contribution in [-0.4, -0.2) is 30.9 Å². The second kappa shape index (κ2) is 9.63. The minimum absolute atomic E-state index is 0.229. The summed E-state index contributed by atoms with van der Waals surface area (Å²) in [5, 5.41) is 1.20. The monoisotopic (exact) mass is 319 g/mol. The van der Waals surface area contributed by atoms with Crippen molar-refractivity contribution in [3.63, 3.8) is 0 Å². The summed E-state index contributed by atoms with van der Waals surface area (Å²) in [6.45, 7) is 3.15. The van der Waals surface area contributed by atoms with Crippen LogP contribution in [0.2, 0.25) is 0 Å². The Labute approximate surface area is 128 Å². The van der Waals surface area contributed by atoms with Gasteiger partial charge in [0.2, 0.25) is 0 Å². The lowest BCUT2D eigenvalue weighted by Crippen LogP contribution is -1.78. The zero-order valence-electron chi connectivity index (χ0n) is 11.9. The molecule has 0 saturated heterocycles. The van der Waals surface area contributed by atoms with Crippen molar-refractivity contribution in [2.75, 3.05) is 6.16 Å². The molecule has 1 aromatic carbocycles. The molecule has 0 fully saturated rings. The van der Waals surface area contributed by atoms with Crippen molar-refractivity contribution >= 4 is 18.5 Å². The number of nitrogens with zero attached hydrogens (tertiary/aromatic N) is 2. The SMILES string of the molecule is C=CCP(=O)(O)O.c1c[nH]cn1.c1ccc2ncccc2c1. The summed E-state index contributed by atoms with van der Waals surface area (Å²) in [6.07, 6.45) is 7.86. The number of aromatic nitrogens is 3. The third kappa shape index (κ3) is 8.11. The first kappa shape index (κ1) is 17.8. The number of hydrogen-bond donors (Lipinski definition) is 3. The van der Waals surface area contributed by atoms with E-state index in [9.17, 15) is 4.57 Å². The number of benzene rings is 1.